The summed E-state index contributed by atoms with van der Waals surface area (Å²) in [5, 5.41) is 6.41. The molecule has 1 heterocycles. The molecular weight excluding hydrogens is 523 g/mol. The van der Waals surface area contributed by atoms with Gasteiger partial charge in [-0.05, 0) is 74.2 Å². The highest BCUT2D eigenvalue weighted by Crippen LogP contribution is 2.41. The quantitative estimate of drug-likeness (QED) is 0.386. The number of nitrogens with zero attached hydrogens (tertiary/aromatic N) is 2. The maximum absolute atomic E-state index is 13.4. The second-order valence-corrected chi connectivity index (χ2v) is 12.2. The number of unbranched alkanes of at least 4 members (excludes halogenated alkanes) is 1. The summed E-state index contributed by atoms with van der Waals surface area (Å²) in [6.07, 6.45) is 4.25. The highest BCUT2D eigenvalue weighted by Gasteiger charge is 2.37. The Bertz CT molecular complexity index is 1230. The fraction of sp³-hybridized carbons (Fsp3) is 0.500. The Hall–Kier alpha value is -3.02. The lowest BCUT2D eigenvalue weighted by molar-refractivity contribution is -0.134. The smallest absolute Gasteiger partial charge is 0.251 e. The zero-order chi connectivity index (χ0) is 28.0. The molecule has 1 saturated heterocycles. The molecule has 0 unspecified atom stereocenters. The summed E-state index contributed by atoms with van der Waals surface area (Å²) in [6, 6.07) is 13.0. The Morgan fingerprint density at radius 2 is 1.69 bits per heavy atom. The Labute approximate surface area is 229 Å². The number of halogens is 1. The molecular formula is C28H37FN4O5S. The predicted molar refractivity (Wildman–Crippen MR) is 147 cm³/mol. The molecule has 11 heteroatoms. The first-order valence-electron chi connectivity index (χ1n) is 13.3. The molecule has 2 aromatic carbocycles. The molecule has 212 valence electrons. The number of nitrogens with one attached hydrogen (secondary N) is 2. The minimum absolute atomic E-state index is 0.226. The van der Waals surface area contributed by atoms with Crippen molar-refractivity contribution >= 4 is 21.8 Å². The molecule has 1 saturated carbocycles. The molecule has 2 fully saturated rings. The van der Waals surface area contributed by atoms with Crippen molar-refractivity contribution in [3.63, 3.8) is 0 Å². The zero-order valence-electron chi connectivity index (χ0n) is 22.4. The molecule has 1 aliphatic carbocycles. The van der Waals surface area contributed by atoms with Gasteiger partial charge in [0.25, 0.3) is 5.91 Å². The van der Waals surface area contributed by atoms with Crippen molar-refractivity contribution in [1.29, 1.82) is 0 Å². The second-order valence-electron chi connectivity index (χ2n) is 10.2. The van der Waals surface area contributed by atoms with Gasteiger partial charge in [-0.2, -0.15) is 4.31 Å². The Morgan fingerprint density at radius 3 is 2.31 bits per heavy atom. The van der Waals surface area contributed by atoms with Crippen molar-refractivity contribution < 1.29 is 27.1 Å². The van der Waals surface area contributed by atoms with E-state index in [9.17, 15) is 22.4 Å². The SMILES string of the molecule is COc1ccc([C@@H]2C[C@H]2NCCCC[C@H](NC(=O)c2ccc(F)cc2)C(=O)N2CCN(S(C)(=O)=O)CC2)cc1. The van der Waals surface area contributed by atoms with Crippen LogP contribution in [0.4, 0.5) is 4.39 Å². The van der Waals surface area contributed by atoms with Crippen LogP contribution in [0.15, 0.2) is 48.5 Å². The topological polar surface area (TPSA) is 108 Å². The van der Waals surface area contributed by atoms with Gasteiger partial charge in [-0.15, -0.1) is 0 Å². The molecule has 0 bridgehead atoms. The third-order valence-electron chi connectivity index (χ3n) is 7.39. The van der Waals surface area contributed by atoms with Crippen LogP contribution in [0.25, 0.3) is 0 Å². The van der Waals surface area contributed by atoms with Crippen molar-refractivity contribution in [2.45, 2.75) is 43.7 Å². The maximum Gasteiger partial charge on any atom is 0.251 e. The molecule has 2 aliphatic rings. The van der Waals surface area contributed by atoms with Crippen LogP contribution in [0.2, 0.25) is 0 Å². The highest BCUT2D eigenvalue weighted by atomic mass is 32.2. The van der Waals surface area contributed by atoms with Gasteiger partial charge in [0.2, 0.25) is 15.9 Å². The maximum atomic E-state index is 13.4. The molecule has 2 amide bonds. The molecule has 1 aliphatic heterocycles. The molecule has 39 heavy (non-hydrogen) atoms. The number of rotatable bonds is 12. The number of sulfonamides is 1. The lowest BCUT2D eigenvalue weighted by Crippen LogP contribution is -2.55. The van der Waals surface area contributed by atoms with Gasteiger partial charge in [0.15, 0.2) is 0 Å². The second kappa shape index (κ2) is 12.9. The van der Waals surface area contributed by atoms with E-state index >= 15 is 0 Å². The first-order chi connectivity index (χ1) is 18.7. The largest absolute Gasteiger partial charge is 0.497 e. The first kappa shape index (κ1) is 29.0. The summed E-state index contributed by atoms with van der Waals surface area (Å²) in [4.78, 5) is 27.8. The summed E-state index contributed by atoms with van der Waals surface area (Å²) in [5.41, 5.74) is 1.56. The number of amides is 2. The molecule has 0 radical (unpaired) electrons. The molecule has 9 nitrogen and oxygen atoms in total. The molecule has 0 aromatic heterocycles. The Morgan fingerprint density at radius 1 is 1.03 bits per heavy atom. The van der Waals surface area contributed by atoms with Gasteiger partial charge in [0, 0.05) is 43.7 Å². The van der Waals surface area contributed by atoms with Crippen molar-refractivity contribution in [1.82, 2.24) is 19.8 Å². The van der Waals surface area contributed by atoms with Gasteiger partial charge in [0.1, 0.15) is 17.6 Å². The standard InChI is InChI=1S/C28H37FN4O5S/c1-38-23-12-8-20(9-13-23)24-19-26(24)30-14-4-3-5-25(31-27(34)21-6-10-22(29)11-7-21)28(35)32-15-17-33(18-16-32)39(2,36)37/h6-13,24-26,30H,3-5,14-19H2,1-2H3,(H,31,34)/t24-,25-,26+/m0/s1. The van der Waals surface area contributed by atoms with Gasteiger partial charge >= 0.3 is 0 Å². The highest BCUT2D eigenvalue weighted by molar-refractivity contribution is 7.88. The summed E-state index contributed by atoms with van der Waals surface area (Å²) in [5.74, 6) is 0.220. The van der Waals surface area contributed by atoms with Gasteiger partial charge < -0.3 is 20.3 Å². The number of carbonyl (C=O) groups excluding carboxylic acids is 2. The van der Waals surface area contributed by atoms with Crippen LogP contribution < -0.4 is 15.4 Å². The van der Waals surface area contributed by atoms with Crippen LogP contribution in [0.5, 0.6) is 5.75 Å². The lowest BCUT2D eigenvalue weighted by Gasteiger charge is -2.35. The van der Waals surface area contributed by atoms with E-state index in [0.29, 0.717) is 18.4 Å². The number of ether oxygens (including phenoxy) is 1. The average Bonchev–Trinajstić information content (AvgIpc) is 3.71. The minimum Gasteiger partial charge on any atom is -0.497 e. The van der Waals surface area contributed by atoms with E-state index in [1.807, 2.05) is 12.1 Å². The van der Waals surface area contributed by atoms with Gasteiger partial charge in [0.05, 0.1) is 13.4 Å². The fourth-order valence-electron chi connectivity index (χ4n) is 4.96. The molecule has 4 rings (SSSR count). The molecule has 2 N–H and O–H groups in total. The van der Waals surface area contributed by atoms with E-state index in [1.165, 1.54) is 34.1 Å². The van der Waals surface area contributed by atoms with E-state index in [0.717, 1.165) is 37.8 Å². The third kappa shape index (κ3) is 8.00. The van der Waals surface area contributed by atoms with E-state index < -0.39 is 27.8 Å². The van der Waals surface area contributed by atoms with Crippen LogP contribution >= 0.6 is 0 Å². The van der Waals surface area contributed by atoms with Gasteiger partial charge in [-0.3, -0.25) is 9.59 Å². The van der Waals surface area contributed by atoms with Crippen LogP contribution in [-0.4, -0.2) is 87.6 Å². The summed E-state index contributed by atoms with van der Waals surface area (Å²) in [7, 11) is -1.66. The van der Waals surface area contributed by atoms with E-state index in [2.05, 4.69) is 22.8 Å². The van der Waals surface area contributed by atoms with Crippen molar-refractivity contribution in [3.8, 4) is 5.75 Å². The van der Waals surface area contributed by atoms with Gasteiger partial charge in [-0.25, -0.2) is 12.8 Å². The summed E-state index contributed by atoms with van der Waals surface area (Å²) < 4.78 is 43.5. The Kier molecular flexibility index (Phi) is 9.58. The number of hydrogen-bond acceptors (Lipinski definition) is 6. The zero-order valence-corrected chi connectivity index (χ0v) is 23.3. The van der Waals surface area contributed by atoms with Crippen LogP contribution in [-0.2, 0) is 14.8 Å². The van der Waals surface area contributed by atoms with E-state index in [4.69, 9.17) is 4.74 Å². The minimum atomic E-state index is -3.32. The van der Waals surface area contributed by atoms with Crippen LogP contribution in [0.1, 0.15) is 47.5 Å². The molecule has 2 aromatic rings. The summed E-state index contributed by atoms with van der Waals surface area (Å²) in [6.45, 7) is 1.79. The number of benzene rings is 2. The monoisotopic (exact) mass is 560 g/mol. The number of piperazine rings is 1. The van der Waals surface area contributed by atoms with E-state index in [-0.39, 0.29) is 37.6 Å². The predicted octanol–water partition coefficient (Wildman–Crippen LogP) is 2.35. The third-order valence-corrected chi connectivity index (χ3v) is 8.69. The first-order valence-corrected chi connectivity index (χ1v) is 15.2. The normalized spacial score (nSPS) is 20.3. The lowest BCUT2D eigenvalue weighted by atomic mass is 10.1. The van der Waals surface area contributed by atoms with E-state index in [1.54, 1.807) is 12.0 Å². The summed E-state index contributed by atoms with van der Waals surface area (Å²) >= 11 is 0. The Balaban J connectivity index is 1.28. The average molecular weight is 561 g/mol. The number of hydrogen-bond donors (Lipinski definition) is 2. The van der Waals surface area contributed by atoms with Crippen LogP contribution in [0.3, 0.4) is 0 Å². The fourth-order valence-corrected chi connectivity index (χ4v) is 5.79. The molecule has 3 atom stereocenters. The molecule has 0 spiro atoms. The van der Waals surface area contributed by atoms with Crippen molar-refractivity contribution in [2.24, 2.45) is 0 Å². The van der Waals surface area contributed by atoms with Gasteiger partial charge in [-0.1, -0.05) is 12.1 Å². The number of carbonyl (C=O) groups is 2. The van der Waals surface area contributed by atoms with Crippen molar-refractivity contribution in [3.05, 3.63) is 65.5 Å². The van der Waals surface area contributed by atoms with Crippen molar-refractivity contribution in [2.75, 3.05) is 46.1 Å². The number of methoxy groups -OCH3 is 1. The van der Waals surface area contributed by atoms with Crippen LogP contribution in [0, 0.1) is 5.82 Å².